The zero-order valence-corrected chi connectivity index (χ0v) is 16.0. The van der Waals surface area contributed by atoms with Gasteiger partial charge in [-0.05, 0) is 44.2 Å². The van der Waals surface area contributed by atoms with Crippen molar-refractivity contribution in [3.63, 3.8) is 0 Å². The first-order chi connectivity index (χ1) is 10.7. The molecule has 0 atom stereocenters. The van der Waals surface area contributed by atoms with E-state index in [1.54, 1.807) is 0 Å². The van der Waals surface area contributed by atoms with Gasteiger partial charge in [0.15, 0.2) is 5.96 Å². The number of aliphatic imine (C=N–C) groups is 1. The average molecular weight is 427 g/mol. The van der Waals surface area contributed by atoms with E-state index in [9.17, 15) is 0 Å². The van der Waals surface area contributed by atoms with Crippen molar-refractivity contribution in [2.75, 3.05) is 13.1 Å². The normalized spacial score (nSPS) is 15.3. The average Bonchev–Trinajstić information content (AvgIpc) is 2.78. The second-order valence-electron chi connectivity index (χ2n) is 6.10. The third-order valence-electron chi connectivity index (χ3n) is 4.45. The van der Waals surface area contributed by atoms with E-state index in [1.807, 2.05) is 6.07 Å². The molecule has 0 radical (unpaired) electrons. The van der Waals surface area contributed by atoms with Crippen LogP contribution in [0.4, 0.5) is 0 Å². The van der Waals surface area contributed by atoms with E-state index >= 15 is 0 Å². The molecule has 3 N–H and O–H groups in total. The minimum atomic E-state index is 0. The molecular weight excluding hydrogens is 401 g/mol. The molecular formula is C17H26IN5. The first kappa shape index (κ1) is 18.0. The van der Waals surface area contributed by atoms with Crippen LogP contribution in [0.15, 0.2) is 29.3 Å². The maximum atomic E-state index is 5.90. The summed E-state index contributed by atoms with van der Waals surface area (Å²) in [6, 6.07) is 8.27. The van der Waals surface area contributed by atoms with Crippen molar-refractivity contribution in [1.29, 1.82) is 0 Å². The van der Waals surface area contributed by atoms with E-state index in [2.05, 4.69) is 45.0 Å². The highest BCUT2D eigenvalue weighted by Gasteiger charge is 2.16. The zero-order chi connectivity index (χ0) is 15.4. The Morgan fingerprint density at radius 3 is 2.91 bits per heavy atom. The molecule has 0 unspecified atom stereocenters. The van der Waals surface area contributed by atoms with Crippen LogP contribution in [0, 0.1) is 12.8 Å². The van der Waals surface area contributed by atoms with Gasteiger partial charge in [0, 0.05) is 19.6 Å². The number of nitrogens with one attached hydrogen (secondary N) is 1. The summed E-state index contributed by atoms with van der Waals surface area (Å²) in [4.78, 5) is 9.00. The Balaban J connectivity index is 0.00000192. The molecule has 126 valence electrons. The molecule has 1 aromatic carbocycles. The summed E-state index contributed by atoms with van der Waals surface area (Å²) >= 11 is 0. The van der Waals surface area contributed by atoms with Gasteiger partial charge in [0.2, 0.25) is 0 Å². The van der Waals surface area contributed by atoms with E-state index in [-0.39, 0.29) is 24.0 Å². The van der Waals surface area contributed by atoms with Crippen LogP contribution in [0.5, 0.6) is 0 Å². The van der Waals surface area contributed by atoms with E-state index in [4.69, 9.17) is 5.73 Å². The molecule has 0 aliphatic heterocycles. The highest BCUT2D eigenvalue weighted by molar-refractivity contribution is 14.0. The number of rotatable bonds is 6. The van der Waals surface area contributed by atoms with Gasteiger partial charge >= 0.3 is 0 Å². The number of halogens is 1. The third kappa shape index (κ3) is 4.59. The molecule has 0 bridgehead atoms. The van der Waals surface area contributed by atoms with Crippen LogP contribution >= 0.6 is 24.0 Å². The lowest BCUT2D eigenvalue weighted by molar-refractivity contribution is 0.326. The number of nitrogens with zero attached hydrogens (tertiary/aromatic N) is 3. The Morgan fingerprint density at radius 2 is 2.17 bits per heavy atom. The van der Waals surface area contributed by atoms with Gasteiger partial charge in [-0.15, -0.1) is 24.0 Å². The Hall–Kier alpha value is -1.31. The smallest absolute Gasteiger partial charge is 0.188 e. The van der Waals surface area contributed by atoms with Crippen molar-refractivity contribution in [1.82, 2.24) is 14.9 Å². The lowest BCUT2D eigenvalue weighted by Crippen LogP contribution is -2.33. The number of nitrogens with two attached hydrogens (primary N) is 1. The molecule has 3 rings (SSSR count). The number of benzene rings is 1. The fourth-order valence-electron chi connectivity index (χ4n) is 2.89. The van der Waals surface area contributed by atoms with Crippen molar-refractivity contribution in [2.24, 2.45) is 16.6 Å². The Kier molecular flexibility index (Phi) is 6.68. The SMILES string of the molecule is Cc1nc2ccccc2n1CCCNC(N)=NCC1CCC1.I. The second-order valence-corrected chi connectivity index (χ2v) is 6.10. The summed E-state index contributed by atoms with van der Waals surface area (Å²) in [6.07, 6.45) is 4.97. The minimum absolute atomic E-state index is 0. The monoisotopic (exact) mass is 427 g/mol. The molecule has 23 heavy (non-hydrogen) atoms. The summed E-state index contributed by atoms with van der Waals surface area (Å²) in [5.74, 6) is 2.41. The molecule has 0 amide bonds. The van der Waals surface area contributed by atoms with E-state index in [0.29, 0.717) is 5.96 Å². The molecule has 6 heteroatoms. The van der Waals surface area contributed by atoms with Crippen LogP contribution in [0.25, 0.3) is 11.0 Å². The number of hydrogen-bond acceptors (Lipinski definition) is 2. The Morgan fingerprint density at radius 1 is 1.39 bits per heavy atom. The summed E-state index contributed by atoms with van der Waals surface area (Å²) in [6.45, 7) is 4.72. The molecule has 1 fully saturated rings. The van der Waals surface area contributed by atoms with Crippen LogP contribution in [0.1, 0.15) is 31.5 Å². The molecule has 0 spiro atoms. The van der Waals surface area contributed by atoms with Gasteiger partial charge in [0.1, 0.15) is 5.82 Å². The summed E-state index contributed by atoms with van der Waals surface area (Å²) in [5, 5.41) is 3.21. The number of para-hydroxylation sites is 2. The fourth-order valence-corrected chi connectivity index (χ4v) is 2.89. The van der Waals surface area contributed by atoms with Gasteiger partial charge in [-0.3, -0.25) is 4.99 Å². The van der Waals surface area contributed by atoms with Crippen LogP contribution < -0.4 is 11.1 Å². The largest absolute Gasteiger partial charge is 0.370 e. The van der Waals surface area contributed by atoms with Crippen molar-refractivity contribution in [3.8, 4) is 0 Å². The highest BCUT2D eigenvalue weighted by atomic mass is 127. The highest BCUT2D eigenvalue weighted by Crippen LogP contribution is 2.26. The predicted octanol–water partition coefficient (Wildman–Crippen LogP) is 3.06. The number of aryl methyl sites for hydroxylation is 2. The van der Waals surface area contributed by atoms with Crippen molar-refractivity contribution in [2.45, 2.75) is 39.2 Å². The number of imidazole rings is 1. The van der Waals surface area contributed by atoms with Crippen LogP contribution in [0.2, 0.25) is 0 Å². The van der Waals surface area contributed by atoms with Gasteiger partial charge in [-0.25, -0.2) is 4.98 Å². The molecule has 0 saturated heterocycles. The molecule has 2 aromatic rings. The first-order valence-electron chi connectivity index (χ1n) is 8.19. The van der Waals surface area contributed by atoms with Crippen molar-refractivity contribution >= 4 is 41.0 Å². The maximum absolute atomic E-state index is 5.90. The summed E-state index contributed by atoms with van der Waals surface area (Å²) in [5.41, 5.74) is 8.17. The van der Waals surface area contributed by atoms with Crippen LogP contribution in [0.3, 0.4) is 0 Å². The van der Waals surface area contributed by atoms with Gasteiger partial charge in [0.25, 0.3) is 0 Å². The second kappa shape index (κ2) is 8.52. The number of aromatic nitrogens is 2. The summed E-state index contributed by atoms with van der Waals surface area (Å²) in [7, 11) is 0. The van der Waals surface area contributed by atoms with Crippen molar-refractivity contribution < 1.29 is 0 Å². The summed E-state index contributed by atoms with van der Waals surface area (Å²) < 4.78 is 2.26. The van der Waals surface area contributed by atoms with Crippen LogP contribution in [-0.4, -0.2) is 28.6 Å². The molecule has 1 heterocycles. The molecule has 1 aliphatic carbocycles. The molecule has 1 saturated carbocycles. The Bertz CT molecular complexity index is 660. The van der Waals surface area contributed by atoms with E-state index in [0.717, 1.165) is 43.3 Å². The van der Waals surface area contributed by atoms with Gasteiger partial charge in [0.05, 0.1) is 11.0 Å². The predicted molar refractivity (Wildman–Crippen MR) is 106 cm³/mol. The van der Waals surface area contributed by atoms with Gasteiger partial charge < -0.3 is 15.6 Å². The molecule has 5 nitrogen and oxygen atoms in total. The molecule has 1 aromatic heterocycles. The van der Waals surface area contributed by atoms with E-state index in [1.165, 1.54) is 24.8 Å². The maximum Gasteiger partial charge on any atom is 0.188 e. The molecule has 1 aliphatic rings. The fraction of sp³-hybridized carbons (Fsp3) is 0.529. The van der Waals surface area contributed by atoms with Crippen LogP contribution in [-0.2, 0) is 6.54 Å². The first-order valence-corrected chi connectivity index (χ1v) is 8.19. The van der Waals surface area contributed by atoms with Gasteiger partial charge in [-0.1, -0.05) is 18.6 Å². The number of fused-ring (bicyclic) bond motifs is 1. The zero-order valence-electron chi connectivity index (χ0n) is 13.7. The Labute approximate surface area is 154 Å². The topological polar surface area (TPSA) is 68.2 Å². The number of guanidine groups is 1. The van der Waals surface area contributed by atoms with Gasteiger partial charge in [-0.2, -0.15) is 0 Å². The van der Waals surface area contributed by atoms with Crippen molar-refractivity contribution in [3.05, 3.63) is 30.1 Å². The number of hydrogen-bond donors (Lipinski definition) is 2. The lowest BCUT2D eigenvalue weighted by atomic mass is 9.86. The minimum Gasteiger partial charge on any atom is -0.370 e. The quantitative estimate of drug-likeness (QED) is 0.322. The lowest BCUT2D eigenvalue weighted by Gasteiger charge is -2.23. The third-order valence-corrected chi connectivity index (χ3v) is 4.45. The standard InChI is InChI=1S/C17H25N5.HI/c1-13-21-15-8-2-3-9-16(15)22(13)11-5-10-19-17(18)20-12-14-6-4-7-14;/h2-3,8-9,14H,4-7,10-12H2,1H3,(H3,18,19,20);1H. The van der Waals surface area contributed by atoms with E-state index < -0.39 is 0 Å².